The zero-order chi connectivity index (χ0) is 18.8. The Morgan fingerprint density at radius 3 is 2.33 bits per heavy atom. The van der Waals surface area contributed by atoms with Crippen LogP contribution in [0.15, 0.2) is 54.9 Å². The third-order valence-electron chi connectivity index (χ3n) is 5.57. The molecule has 1 N–H and O–H groups in total. The van der Waals surface area contributed by atoms with Gasteiger partial charge in [0.15, 0.2) is 0 Å². The average Bonchev–Trinajstić information content (AvgIpc) is 3.06. The van der Waals surface area contributed by atoms with Gasteiger partial charge in [-0.15, -0.1) is 0 Å². The van der Waals surface area contributed by atoms with Crippen LogP contribution in [0.25, 0.3) is 22.4 Å². The largest absolute Gasteiger partial charge is 0.428 e. The fourth-order valence-electron chi connectivity index (χ4n) is 3.99. The van der Waals surface area contributed by atoms with Crippen LogP contribution in [0.1, 0.15) is 31.4 Å². The van der Waals surface area contributed by atoms with E-state index in [0.29, 0.717) is 11.6 Å². The van der Waals surface area contributed by atoms with Crippen molar-refractivity contribution in [3.05, 3.63) is 66.4 Å². The topological polar surface area (TPSA) is 41.3 Å². The molecule has 0 bridgehead atoms. The Hall–Kier alpha value is -2.66. The molecule has 1 aliphatic rings. The molecule has 1 aliphatic heterocycles. The predicted molar refractivity (Wildman–Crippen MR) is 104 cm³/mol. The molecule has 5 heteroatoms. The number of nitrogens with zero attached hydrogens (tertiary/aromatic N) is 3. The first-order valence-electron chi connectivity index (χ1n) is 9.51. The lowest BCUT2D eigenvalue weighted by Crippen LogP contribution is -2.33. The van der Waals surface area contributed by atoms with E-state index in [0.717, 1.165) is 54.9 Å². The molecule has 1 saturated heterocycles. The van der Waals surface area contributed by atoms with Crippen LogP contribution < -0.4 is 0 Å². The van der Waals surface area contributed by atoms with Crippen molar-refractivity contribution in [1.82, 2.24) is 14.6 Å². The van der Waals surface area contributed by atoms with E-state index in [-0.39, 0.29) is 5.82 Å². The van der Waals surface area contributed by atoms with E-state index in [2.05, 4.69) is 22.9 Å². The van der Waals surface area contributed by atoms with Crippen LogP contribution in [0, 0.1) is 5.82 Å². The van der Waals surface area contributed by atoms with Gasteiger partial charge >= 0.3 is 0 Å². The lowest BCUT2D eigenvalue weighted by Gasteiger charge is -2.30. The number of halogens is 1. The van der Waals surface area contributed by atoms with Gasteiger partial charge in [-0.3, -0.25) is 4.98 Å². The van der Waals surface area contributed by atoms with E-state index in [1.807, 2.05) is 12.1 Å². The Balaban J connectivity index is 1.79. The molecule has 4 nitrogen and oxygen atoms in total. The summed E-state index contributed by atoms with van der Waals surface area (Å²) in [6.07, 6.45) is 5.55. The summed E-state index contributed by atoms with van der Waals surface area (Å²) in [5, 5.41) is 11.1. The normalized spacial score (nSPS) is 15.9. The second kappa shape index (κ2) is 7.53. The smallest absolute Gasteiger partial charge is 0.123 e. The Morgan fingerprint density at radius 2 is 1.70 bits per heavy atom. The second-order valence-corrected chi connectivity index (χ2v) is 7.09. The van der Waals surface area contributed by atoms with Crippen LogP contribution in [0.3, 0.4) is 0 Å². The van der Waals surface area contributed by atoms with Crippen molar-refractivity contribution in [2.75, 3.05) is 19.6 Å². The molecule has 0 aliphatic carbocycles. The highest BCUT2D eigenvalue weighted by Gasteiger charge is 2.26. The summed E-state index contributed by atoms with van der Waals surface area (Å²) in [4.78, 5) is 6.53. The van der Waals surface area contributed by atoms with Crippen molar-refractivity contribution < 1.29 is 9.60 Å². The van der Waals surface area contributed by atoms with E-state index in [1.54, 1.807) is 24.5 Å². The first-order valence-corrected chi connectivity index (χ1v) is 9.51. The summed E-state index contributed by atoms with van der Waals surface area (Å²) in [5.74, 6) is 0.0278. The number of pyridine rings is 1. The zero-order valence-electron chi connectivity index (χ0n) is 15.5. The maximum Gasteiger partial charge on any atom is 0.123 e. The zero-order valence-corrected chi connectivity index (χ0v) is 15.5. The molecular formula is C22H24FN3O. The molecule has 0 atom stereocenters. The molecule has 3 heterocycles. The quantitative estimate of drug-likeness (QED) is 0.676. The number of hydrogen-bond acceptors (Lipinski definition) is 3. The van der Waals surface area contributed by atoms with Gasteiger partial charge in [0.1, 0.15) is 5.82 Å². The number of hydrogen-bond donors (Lipinski definition) is 1. The molecule has 1 fully saturated rings. The van der Waals surface area contributed by atoms with Gasteiger partial charge in [0, 0.05) is 29.4 Å². The second-order valence-electron chi connectivity index (χ2n) is 7.09. The summed E-state index contributed by atoms with van der Waals surface area (Å²) >= 11 is 0. The van der Waals surface area contributed by atoms with E-state index in [4.69, 9.17) is 0 Å². The number of likely N-dealkylation sites (tertiary alicyclic amines) is 1. The van der Waals surface area contributed by atoms with Gasteiger partial charge in [0.2, 0.25) is 0 Å². The molecule has 0 spiro atoms. The fourth-order valence-corrected chi connectivity index (χ4v) is 3.99. The molecule has 0 amide bonds. The molecule has 1 aromatic carbocycles. The number of piperidine rings is 1. The van der Waals surface area contributed by atoms with Gasteiger partial charge in [0.05, 0.1) is 11.4 Å². The summed E-state index contributed by atoms with van der Waals surface area (Å²) in [7, 11) is 0. The maximum absolute atomic E-state index is 13.4. The summed E-state index contributed by atoms with van der Waals surface area (Å²) in [6, 6.07) is 12.2. The third-order valence-corrected chi connectivity index (χ3v) is 5.57. The van der Waals surface area contributed by atoms with Crippen LogP contribution >= 0.6 is 0 Å². The minimum Gasteiger partial charge on any atom is -0.428 e. The van der Waals surface area contributed by atoms with Crippen molar-refractivity contribution in [3.63, 3.8) is 0 Å². The Labute approximate surface area is 158 Å². The van der Waals surface area contributed by atoms with Crippen molar-refractivity contribution in [2.45, 2.75) is 25.7 Å². The third kappa shape index (κ3) is 3.47. The van der Waals surface area contributed by atoms with Crippen molar-refractivity contribution in [2.24, 2.45) is 0 Å². The van der Waals surface area contributed by atoms with Gasteiger partial charge in [-0.25, -0.2) is 4.39 Å². The van der Waals surface area contributed by atoms with Gasteiger partial charge in [0.25, 0.3) is 0 Å². The maximum atomic E-state index is 13.4. The molecule has 0 unspecified atom stereocenters. The van der Waals surface area contributed by atoms with Gasteiger partial charge in [-0.1, -0.05) is 6.92 Å². The van der Waals surface area contributed by atoms with Gasteiger partial charge in [-0.2, -0.15) is 4.73 Å². The lowest BCUT2D eigenvalue weighted by atomic mass is 9.93. The molecule has 3 aromatic rings. The SMILES string of the molecule is CCN1CCC(c2cc(-c3ccncc3)c(-c3ccc(F)cc3)n2O)CC1. The molecule has 4 rings (SSSR count). The molecule has 27 heavy (non-hydrogen) atoms. The van der Waals surface area contributed by atoms with Crippen LogP contribution in [0.2, 0.25) is 0 Å². The Kier molecular flexibility index (Phi) is 4.94. The van der Waals surface area contributed by atoms with E-state index >= 15 is 0 Å². The van der Waals surface area contributed by atoms with Crippen molar-refractivity contribution in [3.8, 4) is 22.4 Å². The highest BCUT2D eigenvalue weighted by Crippen LogP contribution is 2.39. The van der Waals surface area contributed by atoms with Gasteiger partial charge in [-0.05, 0) is 80.5 Å². The summed E-state index contributed by atoms with van der Waals surface area (Å²) in [5.41, 5.74) is 4.36. The summed E-state index contributed by atoms with van der Waals surface area (Å²) < 4.78 is 14.7. The highest BCUT2D eigenvalue weighted by molar-refractivity contribution is 5.82. The minimum absolute atomic E-state index is 0.285. The van der Waals surface area contributed by atoms with E-state index in [9.17, 15) is 9.60 Å². The van der Waals surface area contributed by atoms with Crippen molar-refractivity contribution >= 4 is 0 Å². The molecule has 0 radical (unpaired) electrons. The van der Waals surface area contributed by atoms with Gasteiger partial charge < -0.3 is 10.1 Å². The highest BCUT2D eigenvalue weighted by atomic mass is 19.1. The number of benzene rings is 1. The molecule has 140 valence electrons. The first-order chi connectivity index (χ1) is 13.2. The fraction of sp³-hybridized carbons (Fsp3) is 0.318. The lowest BCUT2D eigenvalue weighted by molar-refractivity contribution is 0.161. The van der Waals surface area contributed by atoms with Crippen LogP contribution in [0.5, 0.6) is 0 Å². The molecular weight excluding hydrogens is 341 g/mol. The average molecular weight is 365 g/mol. The summed E-state index contributed by atoms with van der Waals surface area (Å²) in [6.45, 7) is 5.34. The van der Waals surface area contributed by atoms with Crippen LogP contribution in [-0.4, -0.2) is 39.5 Å². The standard InChI is InChI=1S/C22H24FN3O/c1-2-25-13-9-17(10-14-25)21-15-20(16-7-11-24-12-8-16)22(26(21)27)18-3-5-19(23)6-4-18/h3-8,11-12,15,17,27H,2,9-10,13-14H2,1H3. The minimum atomic E-state index is -0.285. The van der Waals surface area contributed by atoms with E-state index in [1.165, 1.54) is 16.9 Å². The number of aromatic nitrogens is 2. The van der Waals surface area contributed by atoms with Crippen LogP contribution in [-0.2, 0) is 0 Å². The molecule has 2 aromatic heterocycles. The predicted octanol–water partition coefficient (Wildman–Crippen LogP) is 4.79. The monoisotopic (exact) mass is 365 g/mol. The Bertz CT molecular complexity index is 897. The first kappa shape index (κ1) is 17.7. The molecule has 0 saturated carbocycles. The Morgan fingerprint density at radius 1 is 1.04 bits per heavy atom. The number of rotatable bonds is 4. The van der Waals surface area contributed by atoms with Crippen molar-refractivity contribution in [1.29, 1.82) is 0 Å². The van der Waals surface area contributed by atoms with Crippen LogP contribution in [0.4, 0.5) is 4.39 Å². The van der Waals surface area contributed by atoms with E-state index < -0.39 is 0 Å².